The summed E-state index contributed by atoms with van der Waals surface area (Å²) in [5, 5.41) is 0.340. The number of rotatable bonds is 25. The molecule has 0 saturated carbocycles. The summed E-state index contributed by atoms with van der Waals surface area (Å²) in [5.74, 6) is 0.775. The summed E-state index contributed by atoms with van der Waals surface area (Å²) in [6, 6.07) is 11.1. The van der Waals surface area contributed by atoms with E-state index >= 15 is 0 Å². The van der Waals surface area contributed by atoms with Crippen LogP contribution >= 0.6 is 0 Å². The Morgan fingerprint density at radius 1 is 0.571 bits per heavy atom. The van der Waals surface area contributed by atoms with Crippen LogP contribution in [-0.4, -0.2) is 24.1 Å². The van der Waals surface area contributed by atoms with Gasteiger partial charge in [-0.25, -0.2) is 9.78 Å². The van der Waals surface area contributed by atoms with Crippen LogP contribution in [-0.2, 0) is 13.1 Å². The molecule has 4 rings (SSSR count). The fraction of sp³-hybridized carbons (Fsp3) is 0.634. The third kappa shape index (κ3) is 11.8. The van der Waals surface area contributed by atoms with Crippen molar-refractivity contribution in [3.63, 3.8) is 0 Å². The largest absolute Gasteiger partial charge is 0.352 e. The molecule has 0 saturated heterocycles. The summed E-state index contributed by atoms with van der Waals surface area (Å²) in [6.45, 7) is 5.33. The Bertz CT molecular complexity index is 1670. The molecule has 0 aliphatic carbocycles. The number of H-pyrrole nitrogens is 1. The summed E-state index contributed by atoms with van der Waals surface area (Å²) in [7, 11) is 0. The maximum atomic E-state index is 13.7. The van der Waals surface area contributed by atoms with Gasteiger partial charge in [0.25, 0.3) is 11.1 Å². The van der Waals surface area contributed by atoms with Crippen molar-refractivity contribution in [3.05, 3.63) is 67.6 Å². The zero-order valence-electron chi connectivity index (χ0n) is 30.4. The molecular formula is C41H61N5O3. The summed E-state index contributed by atoms with van der Waals surface area (Å²) >= 11 is 0. The zero-order valence-corrected chi connectivity index (χ0v) is 30.4. The molecule has 8 heteroatoms. The Morgan fingerprint density at radius 2 is 1.04 bits per heavy atom. The van der Waals surface area contributed by atoms with Gasteiger partial charge in [0, 0.05) is 18.7 Å². The molecule has 2 aliphatic heterocycles. The number of hydrogen-bond acceptors (Lipinski definition) is 5. The van der Waals surface area contributed by atoms with E-state index in [0.717, 1.165) is 50.5 Å². The Hall–Kier alpha value is -3.55. The summed E-state index contributed by atoms with van der Waals surface area (Å²) in [6.07, 6.45) is 26.9. The molecule has 2 aliphatic rings. The molecule has 3 heterocycles. The van der Waals surface area contributed by atoms with Gasteiger partial charge in [0.1, 0.15) is 11.5 Å². The molecule has 49 heavy (non-hydrogen) atoms. The van der Waals surface area contributed by atoms with E-state index in [2.05, 4.69) is 23.8 Å². The standard InChI is InChI=1S/C41H61N5O3/c1-3-5-7-9-11-12-13-14-15-16-17-18-19-20-22-26-30-45-37-34(39(47)43-36(42-37)33-28-24-23-25-29-33)32-35-38(45)44-41(49)46(40(35)48)31-27-21-10-8-6-4-2/h23-25,28-29,32H,3-22,26-27,30-31H2,1-2H3,(H,42,43,47). The van der Waals surface area contributed by atoms with E-state index in [-0.39, 0.29) is 11.1 Å². The minimum Gasteiger partial charge on any atom is -0.309 e. The van der Waals surface area contributed by atoms with Crippen LogP contribution in [0.15, 0.2) is 50.8 Å². The van der Waals surface area contributed by atoms with Gasteiger partial charge in [-0.1, -0.05) is 173 Å². The second-order valence-electron chi connectivity index (χ2n) is 14.0. The zero-order chi connectivity index (χ0) is 34.7. The number of pyridine rings is 1. The number of aromatic amines is 1. The Balaban J connectivity index is 1.40. The van der Waals surface area contributed by atoms with Crippen LogP contribution in [0.4, 0.5) is 0 Å². The lowest BCUT2D eigenvalue weighted by Gasteiger charge is -2.18. The molecule has 0 spiro atoms. The van der Waals surface area contributed by atoms with Gasteiger partial charge in [-0.3, -0.25) is 14.2 Å². The smallest absolute Gasteiger partial charge is 0.309 e. The molecule has 8 nitrogen and oxygen atoms in total. The molecule has 0 amide bonds. The summed E-state index contributed by atoms with van der Waals surface area (Å²) in [4.78, 5) is 52.6. The number of aryl methyl sites for hydroxylation is 1. The maximum absolute atomic E-state index is 13.7. The van der Waals surface area contributed by atoms with E-state index in [0.29, 0.717) is 41.3 Å². The van der Waals surface area contributed by atoms with E-state index in [9.17, 15) is 14.4 Å². The highest BCUT2D eigenvalue weighted by molar-refractivity contribution is 5.83. The third-order valence-corrected chi connectivity index (χ3v) is 9.90. The Labute approximate surface area is 293 Å². The van der Waals surface area contributed by atoms with Gasteiger partial charge in [0.2, 0.25) is 0 Å². The fourth-order valence-electron chi connectivity index (χ4n) is 6.93. The number of hydrogen-bond donors (Lipinski definition) is 1. The van der Waals surface area contributed by atoms with Crippen molar-refractivity contribution in [3.8, 4) is 22.8 Å². The molecule has 0 bridgehead atoms. The maximum Gasteiger partial charge on any atom is 0.352 e. The predicted molar refractivity (Wildman–Crippen MR) is 204 cm³/mol. The fourth-order valence-corrected chi connectivity index (χ4v) is 6.93. The monoisotopic (exact) mass is 671 g/mol. The van der Waals surface area contributed by atoms with E-state index in [1.165, 1.54) is 101 Å². The van der Waals surface area contributed by atoms with Gasteiger partial charge in [-0.2, -0.15) is 4.98 Å². The lowest BCUT2D eigenvalue weighted by molar-refractivity contribution is 0.519. The molecule has 1 N–H and O–H groups in total. The highest BCUT2D eigenvalue weighted by Crippen LogP contribution is 2.24. The van der Waals surface area contributed by atoms with Crippen molar-refractivity contribution in [2.45, 2.75) is 168 Å². The summed E-state index contributed by atoms with van der Waals surface area (Å²) in [5.41, 5.74) is 0.337. The minimum atomic E-state index is -0.528. The molecule has 0 atom stereocenters. The normalized spacial score (nSPS) is 11.6. The molecule has 0 fully saturated rings. The first kappa shape index (κ1) is 38.3. The average Bonchev–Trinajstić information content (AvgIpc) is 3.11. The van der Waals surface area contributed by atoms with Crippen molar-refractivity contribution in [2.24, 2.45) is 0 Å². The topological polar surface area (TPSA) is 103 Å². The molecule has 0 radical (unpaired) electrons. The average molecular weight is 672 g/mol. The van der Waals surface area contributed by atoms with Gasteiger partial charge < -0.3 is 9.55 Å². The van der Waals surface area contributed by atoms with Crippen LogP contribution in [0.1, 0.15) is 155 Å². The van der Waals surface area contributed by atoms with Crippen molar-refractivity contribution in [2.75, 3.05) is 0 Å². The van der Waals surface area contributed by atoms with Crippen LogP contribution in [0.25, 0.3) is 33.8 Å². The van der Waals surface area contributed by atoms with Gasteiger partial charge in [0.15, 0.2) is 5.82 Å². The van der Waals surface area contributed by atoms with E-state index in [1.54, 1.807) is 6.07 Å². The van der Waals surface area contributed by atoms with Gasteiger partial charge >= 0.3 is 5.69 Å². The first-order chi connectivity index (χ1) is 24.0. The van der Waals surface area contributed by atoms with Crippen LogP contribution in [0.3, 0.4) is 0 Å². The number of fused-ring (bicyclic) bond motifs is 2. The molecule has 1 aromatic heterocycles. The second kappa shape index (κ2) is 21.5. The number of benzene rings is 1. The van der Waals surface area contributed by atoms with E-state index < -0.39 is 5.69 Å². The number of nitrogens with one attached hydrogen (secondary N) is 1. The first-order valence-electron chi connectivity index (χ1n) is 19.7. The molecule has 0 unspecified atom stereocenters. The Morgan fingerprint density at radius 3 is 1.55 bits per heavy atom. The number of unbranched alkanes of at least 4 members (excludes halogenated alkanes) is 20. The van der Waals surface area contributed by atoms with Gasteiger partial charge in [0.05, 0.1) is 10.9 Å². The van der Waals surface area contributed by atoms with Crippen LogP contribution in [0, 0.1) is 0 Å². The first-order valence-corrected chi connectivity index (χ1v) is 19.7. The Kier molecular flexibility index (Phi) is 16.8. The van der Waals surface area contributed by atoms with Crippen LogP contribution in [0.2, 0.25) is 0 Å². The second-order valence-corrected chi connectivity index (χ2v) is 14.0. The lowest BCUT2D eigenvalue weighted by atomic mass is 10.0. The molecular weight excluding hydrogens is 610 g/mol. The molecule has 2 aromatic rings. The molecule has 1 aromatic carbocycles. The van der Waals surface area contributed by atoms with E-state index in [4.69, 9.17) is 4.98 Å². The number of nitrogens with zero attached hydrogens (tertiary/aromatic N) is 4. The van der Waals surface area contributed by atoms with Crippen LogP contribution in [0.5, 0.6) is 0 Å². The van der Waals surface area contributed by atoms with Crippen molar-refractivity contribution < 1.29 is 0 Å². The van der Waals surface area contributed by atoms with E-state index in [1.807, 2.05) is 34.9 Å². The SMILES string of the molecule is CCCCCCCCCCCCCCCCCCn1c2nc(=O)n(CCCCCCCC)c(=O)c-2cc2c(=O)[nH]c(-c3ccccc3)nc21. The van der Waals surface area contributed by atoms with Crippen molar-refractivity contribution in [1.82, 2.24) is 24.1 Å². The molecule has 268 valence electrons. The quantitative estimate of drug-likeness (QED) is 0.0558. The third-order valence-electron chi connectivity index (χ3n) is 9.90. The predicted octanol–water partition coefficient (Wildman–Crippen LogP) is 10.0. The lowest BCUT2D eigenvalue weighted by Crippen LogP contribution is -2.38. The van der Waals surface area contributed by atoms with Crippen LogP contribution < -0.4 is 16.8 Å². The summed E-state index contributed by atoms with van der Waals surface area (Å²) < 4.78 is 3.08. The highest BCUT2D eigenvalue weighted by Gasteiger charge is 2.22. The number of aromatic nitrogens is 5. The van der Waals surface area contributed by atoms with Crippen molar-refractivity contribution >= 4 is 11.0 Å². The van der Waals surface area contributed by atoms with Gasteiger partial charge in [-0.15, -0.1) is 0 Å². The highest BCUT2D eigenvalue weighted by atomic mass is 16.2. The van der Waals surface area contributed by atoms with Gasteiger partial charge in [-0.05, 0) is 18.9 Å². The minimum absolute atomic E-state index is 0.300. The van der Waals surface area contributed by atoms with Crippen molar-refractivity contribution in [1.29, 1.82) is 0 Å².